The van der Waals surface area contributed by atoms with Crippen molar-refractivity contribution in [1.29, 1.82) is 0 Å². The van der Waals surface area contributed by atoms with E-state index in [1.54, 1.807) is 0 Å². The van der Waals surface area contributed by atoms with Crippen LogP contribution in [-0.4, -0.2) is 6.29 Å². The van der Waals surface area contributed by atoms with E-state index in [0.29, 0.717) is 0 Å². The molecule has 82 valence electrons. The zero-order valence-corrected chi connectivity index (χ0v) is 9.67. The third-order valence-electron chi connectivity index (χ3n) is 4.03. The van der Waals surface area contributed by atoms with Crippen molar-refractivity contribution in [3.8, 4) is 0 Å². The minimum absolute atomic E-state index is 0.776. The molecule has 0 heterocycles. The highest BCUT2D eigenvalue weighted by Crippen LogP contribution is 2.36. The summed E-state index contributed by atoms with van der Waals surface area (Å²) in [4.78, 5) is 10.3. The molecule has 0 amide bonds. The second-order valence-electron chi connectivity index (χ2n) is 4.91. The van der Waals surface area contributed by atoms with E-state index in [1.165, 1.54) is 32.1 Å². The van der Waals surface area contributed by atoms with Gasteiger partial charge in [0.15, 0.2) is 0 Å². The van der Waals surface area contributed by atoms with Gasteiger partial charge in [-0.2, -0.15) is 0 Å². The van der Waals surface area contributed by atoms with Gasteiger partial charge in [0.1, 0.15) is 6.29 Å². The molecule has 0 bridgehead atoms. The molecule has 1 nitrogen and oxygen atoms in total. The van der Waals surface area contributed by atoms with Gasteiger partial charge < -0.3 is 4.79 Å². The smallest absolute Gasteiger partial charge is 0.120 e. The van der Waals surface area contributed by atoms with Gasteiger partial charge in [0, 0.05) is 6.42 Å². The maximum atomic E-state index is 10.3. The molecule has 0 aromatic carbocycles. The molecule has 0 spiro atoms. The first-order chi connectivity index (χ1) is 6.77. The number of carbonyl (C=O) groups is 1. The van der Waals surface area contributed by atoms with Crippen molar-refractivity contribution in [3.05, 3.63) is 0 Å². The number of hydrogen-bond acceptors (Lipinski definition) is 1. The summed E-state index contributed by atoms with van der Waals surface area (Å²) in [5, 5.41) is 0. The van der Waals surface area contributed by atoms with Crippen molar-refractivity contribution in [2.75, 3.05) is 0 Å². The van der Waals surface area contributed by atoms with E-state index < -0.39 is 0 Å². The van der Waals surface area contributed by atoms with Crippen molar-refractivity contribution in [3.63, 3.8) is 0 Å². The topological polar surface area (TPSA) is 17.1 Å². The minimum Gasteiger partial charge on any atom is -0.303 e. The maximum Gasteiger partial charge on any atom is 0.120 e. The number of aldehydes is 1. The fourth-order valence-corrected chi connectivity index (χ4v) is 2.68. The lowest BCUT2D eigenvalue weighted by molar-refractivity contribution is -0.108. The monoisotopic (exact) mass is 196 g/mol. The average molecular weight is 196 g/mol. The van der Waals surface area contributed by atoms with Gasteiger partial charge in [0.2, 0.25) is 0 Å². The Hall–Kier alpha value is -0.330. The lowest BCUT2D eigenvalue weighted by Crippen LogP contribution is -2.19. The molecule has 1 rings (SSSR count). The SMILES string of the molecule is CCC(C)C1CCC(CCC=O)CC1. The first-order valence-electron chi connectivity index (χ1n) is 6.21. The fraction of sp³-hybridized carbons (Fsp3) is 0.923. The van der Waals surface area contributed by atoms with Gasteiger partial charge in [-0.3, -0.25) is 0 Å². The highest BCUT2D eigenvalue weighted by molar-refractivity contribution is 5.49. The van der Waals surface area contributed by atoms with E-state index in [2.05, 4.69) is 13.8 Å². The van der Waals surface area contributed by atoms with Crippen LogP contribution in [0.15, 0.2) is 0 Å². The lowest BCUT2D eigenvalue weighted by Gasteiger charge is -2.31. The van der Waals surface area contributed by atoms with Gasteiger partial charge in [-0.1, -0.05) is 33.1 Å². The summed E-state index contributed by atoms with van der Waals surface area (Å²) >= 11 is 0. The molecule has 0 N–H and O–H groups in total. The van der Waals surface area contributed by atoms with Gasteiger partial charge in [0.05, 0.1) is 0 Å². The quantitative estimate of drug-likeness (QED) is 0.611. The van der Waals surface area contributed by atoms with Crippen LogP contribution < -0.4 is 0 Å². The van der Waals surface area contributed by atoms with Gasteiger partial charge in [-0.05, 0) is 37.0 Å². The molecule has 0 aliphatic heterocycles. The van der Waals surface area contributed by atoms with E-state index in [0.717, 1.165) is 36.9 Å². The summed E-state index contributed by atoms with van der Waals surface area (Å²) in [5.74, 6) is 2.72. The van der Waals surface area contributed by atoms with E-state index >= 15 is 0 Å². The Morgan fingerprint density at radius 2 is 1.93 bits per heavy atom. The van der Waals surface area contributed by atoms with Crippen molar-refractivity contribution >= 4 is 6.29 Å². The van der Waals surface area contributed by atoms with Gasteiger partial charge in [-0.25, -0.2) is 0 Å². The number of carbonyl (C=O) groups excluding carboxylic acids is 1. The molecule has 1 atom stereocenters. The first kappa shape index (κ1) is 11.7. The van der Waals surface area contributed by atoms with Crippen molar-refractivity contribution in [1.82, 2.24) is 0 Å². The highest BCUT2D eigenvalue weighted by atomic mass is 16.1. The van der Waals surface area contributed by atoms with Crippen molar-refractivity contribution in [2.24, 2.45) is 17.8 Å². The molecule has 1 aliphatic carbocycles. The van der Waals surface area contributed by atoms with Crippen LogP contribution in [0.3, 0.4) is 0 Å². The lowest BCUT2D eigenvalue weighted by atomic mass is 9.74. The molecule has 1 saturated carbocycles. The number of hydrogen-bond donors (Lipinski definition) is 0. The molecule has 1 unspecified atom stereocenters. The standard InChI is InChI=1S/C13H24O/c1-3-11(2)13-8-6-12(7-9-13)5-4-10-14/h10-13H,3-9H2,1-2H3. The Morgan fingerprint density at radius 3 is 2.43 bits per heavy atom. The average Bonchev–Trinajstić information content (AvgIpc) is 2.26. The predicted octanol–water partition coefficient (Wildman–Crippen LogP) is 3.82. The van der Waals surface area contributed by atoms with Crippen molar-refractivity contribution in [2.45, 2.75) is 58.8 Å². The normalized spacial score (nSPS) is 29.9. The predicted molar refractivity (Wildman–Crippen MR) is 60.2 cm³/mol. The summed E-state index contributed by atoms with van der Waals surface area (Å²) in [7, 11) is 0. The van der Waals surface area contributed by atoms with Gasteiger partial charge >= 0.3 is 0 Å². The molecule has 0 saturated heterocycles. The summed E-state index contributed by atoms with van der Waals surface area (Å²) in [5.41, 5.74) is 0. The Morgan fingerprint density at radius 1 is 1.29 bits per heavy atom. The largest absolute Gasteiger partial charge is 0.303 e. The fourth-order valence-electron chi connectivity index (χ4n) is 2.68. The van der Waals surface area contributed by atoms with E-state index in [9.17, 15) is 4.79 Å². The van der Waals surface area contributed by atoms with Crippen LogP contribution in [-0.2, 0) is 4.79 Å². The summed E-state index contributed by atoms with van der Waals surface area (Å²) < 4.78 is 0. The Balaban J connectivity index is 2.20. The summed E-state index contributed by atoms with van der Waals surface area (Å²) in [6.45, 7) is 4.68. The molecule has 0 aromatic heterocycles. The van der Waals surface area contributed by atoms with Crippen molar-refractivity contribution < 1.29 is 4.79 Å². The molecular weight excluding hydrogens is 172 g/mol. The Labute approximate surface area is 88.3 Å². The molecule has 1 heteroatoms. The zero-order valence-electron chi connectivity index (χ0n) is 9.67. The van der Waals surface area contributed by atoms with Crippen LogP contribution in [0.4, 0.5) is 0 Å². The van der Waals surface area contributed by atoms with Crippen LogP contribution in [0.1, 0.15) is 58.8 Å². The first-order valence-corrected chi connectivity index (χ1v) is 6.21. The molecule has 14 heavy (non-hydrogen) atoms. The van der Waals surface area contributed by atoms with E-state index in [4.69, 9.17) is 0 Å². The van der Waals surface area contributed by atoms with E-state index in [-0.39, 0.29) is 0 Å². The van der Waals surface area contributed by atoms with Crippen LogP contribution in [0.5, 0.6) is 0 Å². The van der Waals surface area contributed by atoms with Crippen LogP contribution in [0, 0.1) is 17.8 Å². The third kappa shape index (κ3) is 3.43. The van der Waals surface area contributed by atoms with E-state index in [1.807, 2.05) is 0 Å². The van der Waals surface area contributed by atoms with Crippen LogP contribution in [0.2, 0.25) is 0 Å². The second-order valence-corrected chi connectivity index (χ2v) is 4.91. The van der Waals surface area contributed by atoms with Crippen LogP contribution in [0.25, 0.3) is 0 Å². The second kappa shape index (κ2) is 6.21. The highest BCUT2D eigenvalue weighted by Gasteiger charge is 2.23. The molecule has 1 fully saturated rings. The molecule has 0 radical (unpaired) electrons. The van der Waals surface area contributed by atoms with Gasteiger partial charge in [0.25, 0.3) is 0 Å². The number of rotatable bonds is 5. The summed E-state index contributed by atoms with van der Waals surface area (Å²) in [6, 6.07) is 0. The Bertz CT molecular complexity index is 157. The minimum atomic E-state index is 0.776. The van der Waals surface area contributed by atoms with Crippen LogP contribution >= 0.6 is 0 Å². The molecule has 1 aliphatic rings. The summed E-state index contributed by atoms with van der Waals surface area (Å²) in [6.07, 6.45) is 9.84. The maximum absolute atomic E-state index is 10.3. The zero-order chi connectivity index (χ0) is 10.4. The molecule has 0 aromatic rings. The molecular formula is C13H24O. The Kier molecular flexibility index (Phi) is 5.21. The van der Waals surface area contributed by atoms with Gasteiger partial charge in [-0.15, -0.1) is 0 Å². The third-order valence-corrected chi connectivity index (χ3v) is 4.03.